The summed E-state index contributed by atoms with van der Waals surface area (Å²) in [5, 5.41) is 0. The van der Waals surface area contributed by atoms with Crippen LogP contribution in [0.3, 0.4) is 0 Å². The lowest BCUT2D eigenvalue weighted by Crippen LogP contribution is -2.04. The normalized spacial score (nSPS) is 7.83. The van der Waals surface area contributed by atoms with Crippen LogP contribution in [0.5, 0.6) is 0 Å². The van der Waals surface area contributed by atoms with Crippen molar-refractivity contribution in [1.29, 1.82) is 0 Å². The molecule has 0 saturated carbocycles. The molecule has 0 radical (unpaired) electrons. The molecular formula is C2H3BrFNO. The Morgan fingerprint density at radius 1 is 2.00 bits per heavy atom. The second-order valence-electron chi connectivity index (χ2n) is 0.752. The smallest absolute Gasteiger partial charge is 0.258 e. The molecule has 36 valence electrons. The fourth-order valence-electron chi connectivity index (χ4n) is 0. The van der Waals surface area contributed by atoms with Gasteiger partial charge in [-0.05, 0) is 0 Å². The van der Waals surface area contributed by atoms with E-state index in [2.05, 4.69) is 16.1 Å². The molecule has 2 nitrogen and oxygen atoms in total. The fourth-order valence-corrected chi connectivity index (χ4v) is 0. The van der Waals surface area contributed by atoms with Crippen LogP contribution in [0.4, 0.5) is 4.48 Å². The Labute approximate surface area is 43.2 Å². The number of carbonyl (C=O) groups is 1. The van der Waals surface area contributed by atoms with Gasteiger partial charge < -0.3 is 0 Å². The van der Waals surface area contributed by atoms with Gasteiger partial charge in [-0.1, -0.05) is 4.48 Å². The lowest BCUT2D eigenvalue weighted by atomic mass is 10.8. The van der Waals surface area contributed by atoms with E-state index >= 15 is 0 Å². The highest BCUT2D eigenvalue weighted by Crippen LogP contribution is 1.95. The van der Waals surface area contributed by atoms with Crippen LogP contribution in [0.1, 0.15) is 6.92 Å². The van der Waals surface area contributed by atoms with E-state index in [1.165, 1.54) is 0 Å². The minimum atomic E-state index is -0.657. The Morgan fingerprint density at radius 3 is 2.17 bits per heavy atom. The highest BCUT2D eigenvalue weighted by Gasteiger charge is 1.96. The van der Waals surface area contributed by atoms with Crippen molar-refractivity contribution in [2.24, 2.45) is 0 Å². The van der Waals surface area contributed by atoms with E-state index in [9.17, 15) is 9.28 Å². The van der Waals surface area contributed by atoms with E-state index in [-0.39, 0.29) is 4.15 Å². The predicted molar refractivity (Wildman–Crippen MR) is 22.6 cm³/mol. The van der Waals surface area contributed by atoms with Gasteiger partial charge in [0.15, 0.2) is 0 Å². The average molecular weight is 156 g/mol. The van der Waals surface area contributed by atoms with Crippen molar-refractivity contribution < 1.29 is 9.28 Å². The number of carbonyl (C=O) groups excluding carboxylic acids is 1. The summed E-state index contributed by atoms with van der Waals surface area (Å²) in [4.78, 5) is 9.65. The zero-order valence-corrected chi connectivity index (χ0v) is 4.70. The van der Waals surface area contributed by atoms with Gasteiger partial charge in [0.05, 0.1) is 16.1 Å². The largest absolute Gasteiger partial charge is 0.272 e. The molecule has 0 aliphatic rings. The molecule has 0 heterocycles. The van der Waals surface area contributed by atoms with Crippen LogP contribution in [0.25, 0.3) is 0 Å². The average Bonchev–Trinajstić information content (AvgIpc) is 1.36. The summed E-state index contributed by atoms with van der Waals surface area (Å²) in [7, 11) is 0. The molecule has 0 aliphatic heterocycles. The molecule has 0 aromatic heterocycles. The summed E-state index contributed by atoms with van der Waals surface area (Å²) >= 11 is 2.26. The summed E-state index contributed by atoms with van der Waals surface area (Å²) in [6, 6.07) is 0. The number of hydrogen-bond donors (Lipinski definition) is 0. The third-order valence-electron chi connectivity index (χ3n) is 0.238. The molecule has 0 bridgehead atoms. The van der Waals surface area contributed by atoms with Crippen LogP contribution in [0, 0.1) is 0 Å². The van der Waals surface area contributed by atoms with Crippen molar-refractivity contribution in [3.8, 4) is 0 Å². The number of amides is 1. The molecule has 1 amide bonds. The van der Waals surface area contributed by atoms with Gasteiger partial charge in [-0.25, -0.2) is 0 Å². The first-order valence-corrected chi connectivity index (χ1v) is 1.98. The monoisotopic (exact) mass is 155 g/mol. The van der Waals surface area contributed by atoms with Crippen molar-refractivity contribution in [2.45, 2.75) is 6.92 Å². The molecule has 0 atom stereocenters. The number of halogens is 2. The summed E-state index contributed by atoms with van der Waals surface area (Å²) in [6.45, 7) is 1.11. The SMILES string of the molecule is CC(=O)N(F)Br. The first-order valence-electron chi connectivity index (χ1n) is 1.27. The molecule has 0 aromatic carbocycles. The summed E-state index contributed by atoms with van der Waals surface area (Å²) in [6.07, 6.45) is 0. The first kappa shape index (κ1) is 5.88. The number of hydrogen-bond acceptors (Lipinski definition) is 1. The first-order chi connectivity index (χ1) is 2.64. The molecule has 0 fully saturated rings. The van der Waals surface area contributed by atoms with Crippen LogP contribution in [0.15, 0.2) is 0 Å². The molecular weight excluding hydrogens is 153 g/mol. The lowest BCUT2D eigenvalue weighted by Gasteiger charge is -1.91. The third kappa shape index (κ3) is 2.14. The van der Waals surface area contributed by atoms with Gasteiger partial charge in [-0.2, -0.15) is 0 Å². The highest BCUT2D eigenvalue weighted by atomic mass is 79.9. The van der Waals surface area contributed by atoms with E-state index in [4.69, 9.17) is 0 Å². The van der Waals surface area contributed by atoms with Gasteiger partial charge in [0.1, 0.15) is 0 Å². The van der Waals surface area contributed by atoms with Crippen LogP contribution < -0.4 is 0 Å². The lowest BCUT2D eigenvalue weighted by molar-refractivity contribution is -0.131. The maximum atomic E-state index is 11.2. The second-order valence-corrected chi connectivity index (χ2v) is 1.37. The fraction of sp³-hybridized carbons (Fsp3) is 0.500. The van der Waals surface area contributed by atoms with E-state index in [0.29, 0.717) is 0 Å². The van der Waals surface area contributed by atoms with Crippen LogP contribution in [-0.2, 0) is 4.79 Å². The minimum absolute atomic E-state index is 0.160. The van der Waals surface area contributed by atoms with Crippen LogP contribution >= 0.6 is 16.1 Å². The summed E-state index contributed by atoms with van der Waals surface area (Å²) < 4.78 is 11.1. The van der Waals surface area contributed by atoms with Crippen molar-refractivity contribution in [3.05, 3.63) is 0 Å². The van der Waals surface area contributed by atoms with Crippen molar-refractivity contribution in [3.63, 3.8) is 0 Å². The van der Waals surface area contributed by atoms with Crippen molar-refractivity contribution in [2.75, 3.05) is 0 Å². The van der Waals surface area contributed by atoms with Gasteiger partial charge >= 0.3 is 0 Å². The molecule has 0 rings (SSSR count). The van der Waals surface area contributed by atoms with E-state index < -0.39 is 5.91 Å². The minimum Gasteiger partial charge on any atom is -0.272 e. The van der Waals surface area contributed by atoms with E-state index in [1.54, 1.807) is 0 Å². The molecule has 0 saturated heterocycles. The predicted octanol–water partition coefficient (Wildman–Crippen LogP) is 1.03. The molecule has 0 aliphatic carbocycles. The maximum absolute atomic E-state index is 11.2. The molecule has 0 N–H and O–H groups in total. The zero-order valence-electron chi connectivity index (χ0n) is 3.11. The second kappa shape index (κ2) is 2.12. The molecule has 0 unspecified atom stereocenters. The molecule has 6 heavy (non-hydrogen) atoms. The zero-order chi connectivity index (χ0) is 5.15. The molecule has 4 heteroatoms. The molecule has 0 aromatic rings. The van der Waals surface area contributed by atoms with Crippen LogP contribution in [0.2, 0.25) is 0 Å². The van der Waals surface area contributed by atoms with Crippen molar-refractivity contribution in [1.82, 2.24) is 4.15 Å². The number of nitrogens with zero attached hydrogens (tertiary/aromatic N) is 1. The topological polar surface area (TPSA) is 20.3 Å². The number of rotatable bonds is 0. The highest BCUT2D eigenvalue weighted by molar-refractivity contribution is 9.07. The Balaban J connectivity index is 3.26. The maximum Gasteiger partial charge on any atom is 0.258 e. The van der Waals surface area contributed by atoms with Gasteiger partial charge in [-0.3, -0.25) is 4.79 Å². The van der Waals surface area contributed by atoms with Gasteiger partial charge in [-0.15, -0.1) is 4.15 Å². The molecule has 0 spiro atoms. The Kier molecular flexibility index (Phi) is 2.08. The Morgan fingerprint density at radius 2 is 2.17 bits per heavy atom. The van der Waals surface area contributed by atoms with Gasteiger partial charge in [0.25, 0.3) is 5.91 Å². The van der Waals surface area contributed by atoms with E-state index in [0.717, 1.165) is 6.92 Å². The Hall–Kier alpha value is -0.120. The third-order valence-corrected chi connectivity index (χ3v) is 0.737. The van der Waals surface area contributed by atoms with Crippen molar-refractivity contribution >= 4 is 22.1 Å². The summed E-state index contributed by atoms with van der Waals surface area (Å²) in [5.41, 5.74) is 0. The van der Waals surface area contributed by atoms with Gasteiger partial charge in [0.2, 0.25) is 0 Å². The van der Waals surface area contributed by atoms with Crippen LogP contribution in [-0.4, -0.2) is 10.1 Å². The quantitative estimate of drug-likeness (QED) is 0.479. The Bertz CT molecular complexity index is 64.6. The summed E-state index contributed by atoms with van der Waals surface area (Å²) in [5.74, 6) is -0.657. The van der Waals surface area contributed by atoms with E-state index in [1.807, 2.05) is 0 Å². The van der Waals surface area contributed by atoms with Gasteiger partial charge in [0, 0.05) is 6.92 Å². The standard InChI is InChI=1S/C2H3BrFNO/c1-2(6)5(3)4/h1H3.